The summed E-state index contributed by atoms with van der Waals surface area (Å²) in [6, 6.07) is 120. The van der Waals surface area contributed by atoms with E-state index in [2.05, 4.69) is 381 Å². The van der Waals surface area contributed by atoms with E-state index in [1.54, 1.807) is 0 Å². The molecule has 15 aromatic rings. The summed E-state index contributed by atoms with van der Waals surface area (Å²) in [6.45, 7) is 19.2. The van der Waals surface area contributed by atoms with Crippen LogP contribution in [-0.2, 0) is 21.7 Å². The predicted octanol–water partition coefficient (Wildman–Crippen LogP) is 26.8. The highest BCUT2D eigenvalue weighted by Gasteiger charge is 2.41. The van der Waals surface area contributed by atoms with E-state index in [0.29, 0.717) is 0 Å². The van der Waals surface area contributed by atoms with Crippen LogP contribution in [0.4, 0.5) is 34.1 Å². The van der Waals surface area contributed by atoms with Gasteiger partial charge in [-0.1, -0.05) is 298 Å². The summed E-state index contributed by atoms with van der Waals surface area (Å²) < 4.78 is 0. The highest BCUT2D eigenvalue weighted by Crippen LogP contribution is 2.58. The van der Waals surface area contributed by atoms with Crippen LogP contribution in [0.25, 0.3) is 111 Å². The molecular weight excluding hydrogens is 1210 g/mol. The summed E-state index contributed by atoms with van der Waals surface area (Å²) in [5.41, 5.74) is 36.6. The molecule has 19 rings (SSSR count). The van der Waals surface area contributed by atoms with E-state index in [1.807, 2.05) is 0 Å². The monoisotopic (exact) mass is 1280 g/mol. The predicted molar refractivity (Wildman–Crippen MR) is 423 cm³/mol. The lowest BCUT2D eigenvalue weighted by Gasteiger charge is -2.31. The molecule has 0 saturated heterocycles. The summed E-state index contributed by atoms with van der Waals surface area (Å²) in [6.07, 6.45) is 0. The summed E-state index contributed by atoms with van der Waals surface area (Å²) in [7, 11) is 0. The van der Waals surface area contributed by atoms with Gasteiger partial charge in [-0.05, 0) is 228 Å². The van der Waals surface area contributed by atoms with Gasteiger partial charge < -0.3 is 9.80 Å². The molecule has 478 valence electrons. The second-order valence-electron chi connectivity index (χ2n) is 30.4. The van der Waals surface area contributed by atoms with Crippen LogP contribution in [0, 0.1) is 0 Å². The Morgan fingerprint density at radius 3 is 0.680 bits per heavy atom. The van der Waals surface area contributed by atoms with E-state index in [1.165, 1.54) is 144 Å². The topological polar surface area (TPSA) is 6.48 Å². The molecule has 2 nitrogen and oxygen atoms in total. The van der Waals surface area contributed by atoms with E-state index < -0.39 is 0 Å². The van der Waals surface area contributed by atoms with Gasteiger partial charge in [-0.15, -0.1) is 0 Å². The Kier molecular flexibility index (Phi) is 13.1. The molecule has 4 aliphatic rings. The average Bonchev–Trinajstić information content (AvgIpc) is 0.947. The van der Waals surface area contributed by atoms with E-state index >= 15 is 0 Å². The lowest BCUT2D eigenvalue weighted by molar-refractivity contribution is 0.659. The maximum Gasteiger partial charge on any atom is 0.0468 e. The third-order valence-electron chi connectivity index (χ3n) is 23.5. The lowest BCUT2D eigenvalue weighted by Crippen LogP contribution is -2.18. The average molecular weight is 1280 g/mol. The van der Waals surface area contributed by atoms with Crippen molar-refractivity contribution >= 4 is 55.7 Å². The molecule has 100 heavy (non-hydrogen) atoms. The van der Waals surface area contributed by atoms with Crippen LogP contribution >= 0.6 is 0 Å². The van der Waals surface area contributed by atoms with Crippen molar-refractivity contribution in [2.45, 2.75) is 77.0 Å². The Labute approximate surface area is 587 Å². The first-order valence-corrected chi connectivity index (χ1v) is 35.5. The van der Waals surface area contributed by atoms with Crippen molar-refractivity contribution in [1.29, 1.82) is 0 Å². The maximum absolute atomic E-state index is 2.55. The molecule has 0 amide bonds. The zero-order valence-electron chi connectivity index (χ0n) is 57.9. The zero-order chi connectivity index (χ0) is 67.6. The van der Waals surface area contributed by atoms with Crippen molar-refractivity contribution in [3.63, 3.8) is 0 Å². The molecule has 0 radical (unpaired) electrons. The molecule has 0 N–H and O–H groups in total. The standard InChI is InChI=1S/C98H76N2/c1-95(2)85-31-19-15-27-73(85)77-49-43-69(57-89(77)95)99(70-44-50-78-74-28-16-20-32-86(74)96(3,4)90(78)58-70)67-47-53-81-83(55-67)93(65-39-35-63(36-40-65)61-23-11-9-12-24-61)82-54-48-68(56-84(82)94(81)66-41-37-64(38-42-66)62-25-13-10-14-26-62)100(71-45-51-79-75-29-17-21-33-87(75)97(5,6)91(79)59-71)72-46-52-80-76-30-18-22-34-88(76)98(7,8)92(80)60-72/h9-60H,1-8H3. The van der Waals surface area contributed by atoms with Crippen molar-refractivity contribution in [2.24, 2.45) is 0 Å². The molecule has 2 heteroatoms. The fraction of sp³-hybridized carbons (Fsp3) is 0.122. The first kappa shape index (κ1) is 59.7. The van der Waals surface area contributed by atoms with E-state index in [-0.39, 0.29) is 21.7 Å². The minimum atomic E-state index is -0.206. The number of nitrogens with zero attached hydrogens (tertiary/aromatic N) is 2. The molecule has 4 aliphatic carbocycles. The van der Waals surface area contributed by atoms with Crippen molar-refractivity contribution in [1.82, 2.24) is 0 Å². The second kappa shape index (κ2) is 22.0. The van der Waals surface area contributed by atoms with Gasteiger partial charge in [0.25, 0.3) is 0 Å². The van der Waals surface area contributed by atoms with Crippen LogP contribution in [0.1, 0.15) is 99.9 Å². The van der Waals surface area contributed by atoms with Gasteiger partial charge in [-0.3, -0.25) is 0 Å². The Bertz CT molecular complexity index is 5310. The molecule has 15 aromatic carbocycles. The fourth-order valence-corrected chi connectivity index (χ4v) is 18.2. The van der Waals surface area contributed by atoms with E-state index in [0.717, 1.165) is 45.3 Å². The van der Waals surface area contributed by atoms with Gasteiger partial charge >= 0.3 is 0 Å². The van der Waals surface area contributed by atoms with Gasteiger partial charge in [0.05, 0.1) is 0 Å². The molecule has 0 spiro atoms. The second-order valence-corrected chi connectivity index (χ2v) is 30.4. The Hall–Kier alpha value is -11.6. The zero-order valence-corrected chi connectivity index (χ0v) is 57.9. The molecule has 0 aromatic heterocycles. The number of benzene rings is 15. The van der Waals surface area contributed by atoms with Crippen molar-refractivity contribution in [3.05, 3.63) is 360 Å². The van der Waals surface area contributed by atoms with Crippen molar-refractivity contribution in [3.8, 4) is 89.0 Å². The lowest BCUT2D eigenvalue weighted by atomic mass is 9.82. The number of anilines is 6. The number of fused-ring (bicyclic) bond motifs is 14. The number of hydrogen-bond acceptors (Lipinski definition) is 2. The smallest absolute Gasteiger partial charge is 0.0468 e. The summed E-state index contributed by atoms with van der Waals surface area (Å²) in [4.78, 5) is 5.10. The van der Waals surface area contributed by atoms with Crippen LogP contribution < -0.4 is 9.80 Å². The van der Waals surface area contributed by atoms with E-state index in [4.69, 9.17) is 0 Å². The molecule has 0 unspecified atom stereocenters. The van der Waals surface area contributed by atoms with E-state index in [9.17, 15) is 0 Å². The SMILES string of the molecule is CC1(C)c2ccccc2-c2ccc(N(c3ccc4c(c3)C(C)(C)c3ccccc3-4)c3ccc4c(-c5ccc(-c6ccccc6)cc5)c5cc(N(c6ccc7c(c6)C(C)(C)c6ccccc6-7)c6ccc7c(c6)C(C)(C)c6ccccc6-7)ccc5c(-c5ccc(-c6ccccc6)cc5)c4c3)cc21. The molecular formula is C98H76N2. The Balaban J connectivity index is 0.883. The molecule has 0 fully saturated rings. The number of hydrogen-bond donors (Lipinski definition) is 0. The fourth-order valence-electron chi connectivity index (χ4n) is 18.2. The largest absolute Gasteiger partial charge is 0.310 e. The van der Waals surface area contributed by atoms with Crippen LogP contribution in [0.5, 0.6) is 0 Å². The third-order valence-corrected chi connectivity index (χ3v) is 23.5. The van der Waals surface area contributed by atoms with Crippen molar-refractivity contribution < 1.29 is 0 Å². The Morgan fingerprint density at radius 2 is 0.390 bits per heavy atom. The van der Waals surface area contributed by atoms with Crippen LogP contribution in [-0.4, -0.2) is 0 Å². The molecule has 0 saturated carbocycles. The van der Waals surface area contributed by atoms with Gasteiger partial charge in [-0.2, -0.15) is 0 Å². The minimum absolute atomic E-state index is 0.206. The maximum atomic E-state index is 2.55. The normalized spacial score (nSPS) is 14.7. The van der Waals surface area contributed by atoms with Crippen molar-refractivity contribution in [2.75, 3.05) is 9.80 Å². The van der Waals surface area contributed by atoms with Crippen LogP contribution in [0.3, 0.4) is 0 Å². The van der Waals surface area contributed by atoms with Crippen LogP contribution in [0.2, 0.25) is 0 Å². The molecule has 0 heterocycles. The first-order valence-electron chi connectivity index (χ1n) is 35.5. The van der Waals surface area contributed by atoms with Gasteiger partial charge in [0.15, 0.2) is 0 Å². The minimum Gasteiger partial charge on any atom is -0.310 e. The summed E-state index contributed by atoms with van der Waals surface area (Å²) in [5.74, 6) is 0. The van der Waals surface area contributed by atoms with Crippen LogP contribution in [0.15, 0.2) is 315 Å². The Morgan fingerprint density at radius 1 is 0.170 bits per heavy atom. The van der Waals surface area contributed by atoms with Gasteiger partial charge in [0.1, 0.15) is 0 Å². The quantitative estimate of drug-likeness (QED) is 0.126. The summed E-state index contributed by atoms with van der Waals surface area (Å²) in [5, 5.41) is 4.72. The highest BCUT2D eigenvalue weighted by molar-refractivity contribution is 6.23. The molecule has 0 bridgehead atoms. The number of rotatable bonds is 10. The third kappa shape index (κ3) is 8.88. The highest BCUT2D eigenvalue weighted by atomic mass is 15.1. The molecule has 0 atom stereocenters. The first-order chi connectivity index (χ1) is 48.6. The molecule has 0 aliphatic heterocycles. The van der Waals surface area contributed by atoms with Gasteiger partial charge in [-0.25, -0.2) is 0 Å². The van der Waals surface area contributed by atoms with Gasteiger partial charge in [0, 0.05) is 55.8 Å². The van der Waals surface area contributed by atoms with Gasteiger partial charge in [0.2, 0.25) is 0 Å². The summed E-state index contributed by atoms with van der Waals surface area (Å²) >= 11 is 0.